The second kappa shape index (κ2) is 12.2. The second-order valence-corrected chi connectivity index (χ2v) is 14.1. The van der Waals surface area contributed by atoms with Crippen molar-refractivity contribution in [3.05, 3.63) is 200 Å². The van der Waals surface area contributed by atoms with Gasteiger partial charge in [-0.15, -0.1) is 0 Å². The van der Waals surface area contributed by atoms with Gasteiger partial charge in [0, 0.05) is 27.4 Å². The van der Waals surface area contributed by atoms with Gasteiger partial charge in [0.1, 0.15) is 11.2 Å². The van der Waals surface area contributed by atoms with Gasteiger partial charge in [0.05, 0.1) is 11.4 Å². The Bertz CT molecular complexity index is 3220. The van der Waals surface area contributed by atoms with Crippen molar-refractivity contribution in [1.82, 2.24) is 0 Å². The van der Waals surface area contributed by atoms with Crippen LogP contribution in [0.1, 0.15) is 0 Å². The van der Waals surface area contributed by atoms with Crippen LogP contribution in [0.3, 0.4) is 0 Å². The molecule has 0 aliphatic carbocycles. The molecule has 0 amide bonds. The molecule has 2 heteroatoms. The summed E-state index contributed by atoms with van der Waals surface area (Å²) in [4.78, 5) is 2.43. The normalized spacial score (nSPS) is 11.7. The number of para-hydroxylation sites is 1. The first-order valence-corrected chi connectivity index (χ1v) is 18.5. The van der Waals surface area contributed by atoms with Gasteiger partial charge in [-0.3, -0.25) is 0 Å². The Morgan fingerprint density at radius 2 is 0.907 bits per heavy atom. The van der Waals surface area contributed by atoms with Crippen molar-refractivity contribution in [3.63, 3.8) is 0 Å². The topological polar surface area (TPSA) is 16.4 Å². The van der Waals surface area contributed by atoms with Gasteiger partial charge in [-0.1, -0.05) is 152 Å². The molecular weight excluding hydrogens is 655 g/mol. The van der Waals surface area contributed by atoms with Gasteiger partial charge < -0.3 is 9.32 Å². The molecule has 54 heavy (non-hydrogen) atoms. The first-order valence-electron chi connectivity index (χ1n) is 18.5. The van der Waals surface area contributed by atoms with E-state index in [1.807, 2.05) is 0 Å². The van der Waals surface area contributed by atoms with Gasteiger partial charge in [-0.25, -0.2) is 0 Å². The van der Waals surface area contributed by atoms with Crippen LogP contribution in [0.4, 0.5) is 17.1 Å². The number of anilines is 3. The Morgan fingerprint density at radius 1 is 0.315 bits per heavy atom. The Balaban J connectivity index is 1.13. The average molecular weight is 688 g/mol. The molecule has 0 aliphatic rings. The molecule has 0 aliphatic heterocycles. The first-order chi connectivity index (χ1) is 26.8. The third-order valence-electron chi connectivity index (χ3n) is 11.0. The SMILES string of the molecule is c1ccc(N(c2ccc(-c3cc4ccccc4c4ccccc34)cc2)c2cccc3ccccc23)c(-c2cccc3oc4cc5ccccc5cc4c23)c1. The number of hydrogen-bond donors (Lipinski definition) is 0. The number of nitrogens with zero attached hydrogens (tertiary/aromatic N) is 1. The Kier molecular flexibility index (Phi) is 6.90. The maximum Gasteiger partial charge on any atom is 0.136 e. The van der Waals surface area contributed by atoms with Gasteiger partial charge in [-0.05, 0) is 103 Å². The summed E-state index contributed by atoms with van der Waals surface area (Å²) >= 11 is 0. The van der Waals surface area contributed by atoms with Gasteiger partial charge in [0.15, 0.2) is 0 Å². The molecule has 0 radical (unpaired) electrons. The van der Waals surface area contributed by atoms with Crippen molar-refractivity contribution in [2.45, 2.75) is 0 Å². The summed E-state index contributed by atoms with van der Waals surface area (Å²) in [5.41, 5.74) is 9.79. The van der Waals surface area contributed by atoms with E-state index in [0.29, 0.717) is 0 Å². The molecule has 1 aromatic heterocycles. The maximum absolute atomic E-state index is 6.55. The first kappa shape index (κ1) is 30.5. The fourth-order valence-electron chi connectivity index (χ4n) is 8.53. The average Bonchev–Trinajstić information content (AvgIpc) is 3.61. The molecule has 0 spiro atoms. The summed E-state index contributed by atoms with van der Waals surface area (Å²) in [6.45, 7) is 0. The maximum atomic E-state index is 6.55. The van der Waals surface area contributed by atoms with Gasteiger partial charge in [0.25, 0.3) is 0 Å². The predicted molar refractivity (Wildman–Crippen MR) is 229 cm³/mol. The summed E-state index contributed by atoms with van der Waals surface area (Å²) in [5, 5.41) is 12.1. The van der Waals surface area contributed by atoms with Crippen LogP contribution in [0.2, 0.25) is 0 Å². The molecule has 1 heterocycles. The third-order valence-corrected chi connectivity index (χ3v) is 11.0. The van der Waals surface area contributed by atoms with E-state index in [9.17, 15) is 0 Å². The molecule has 0 fully saturated rings. The molecule has 2 nitrogen and oxygen atoms in total. The molecule has 0 bridgehead atoms. The summed E-state index contributed by atoms with van der Waals surface area (Å²) in [6, 6.07) is 72.3. The summed E-state index contributed by atoms with van der Waals surface area (Å²) in [6.07, 6.45) is 0. The van der Waals surface area contributed by atoms with Crippen molar-refractivity contribution in [2.24, 2.45) is 0 Å². The standard InChI is InChI=1S/C52H33NO/c1-2-15-37-33-51-47(31-36(37)14-1)52-45(23-12-26-50(52)54-51)44-22-9-10-24-49(44)53(48-25-11-17-34-13-3-6-19-41(34)48)39-29-27-35(28-30-39)46-32-38-16-4-5-18-40(38)42-20-7-8-21-43(42)46/h1-33H. The van der Waals surface area contributed by atoms with Crippen LogP contribution in [0.5, 0.6) is 0 Å². The highest BCUT2D eigenvalue weighted by atomic mass is 16.3. The number of hydrogen-bond acceptors (Lipinski definition) is 2. The quantitative estimate of drug-likeness (QED) is 0.168. The summed E-state index contributed by atoms with van der Waals surface area (Å²) < 4.78 is 6.55. The van der Waals surface area contributed by atoms with Crippen LogP contribution in [0, 0.1) is 0 Å². The monoisotopic (exact) mass is 687 g/mol. The van der Waals surface area contributed by atoms with Crippen molar-refractivity contribution < 1.29 is 4.42 Å². The zero-order valence-corrected chi connectivity index (χ0v) is 29.4. The van der Waals surface area contributed by atoms with Gasteiger partial charge >= 0.3 is 0 Å². The highest BCUT2D eigenvalue weighted by Crippen LogP contribution is 2.47. The van der Waals surface area contributed by atoms with Crippen molar-refractivity contribution in [1.29, 1.82) is 0 Å². The molecule has 11 rings (SSSR count). The van der Waals surface area contributed by atoms with Gasteiger partial charge in [-0.2, -0.15) is 0 Å². The lowest BCUT2D eigenvalue weighted by Gasteiger charge is -2.29. The minimum atomic E-state index is 0.885. The minimum Gasteiger partial charge on any atom is -0.456 e. The molecule has 0 saturated heterocycles. The highest BCUT2D eigenvalue weighted by Gasteiger charge is 2.22. The fourth-order valence-corrected chi connectivity index (χ4v) is 8.53. The third kappa shape index (κ3) is 4.81. The van der Waals surface area contributed by atoms with E-state index in [1.54, 1.807) is 0 Å². The lowest BCUT2D eigenvalue weighted by molar-refractivity contribution is 0.669. The summed E-state index contributed by atoms with van der Waals surface area (Å²) in [5.74, 6) is 0. The van der Waals surface area contributed by atoms with Crippen molar-refractivity contribution in [2.75, 3.05) is 4.90 Å². The van der Waals surface area contributed by atoms with E-state index < -0.39 is 0 Å². The largest absolute Gasteiger partial charge is 0.456 e. The zero-order valence-electron chi connectivity index (χ0n) is 29.4. The smallest absolute Gasteiger partial charge is 0.136 e. The number of benzene rings is 10. The Morgan fingerprint density at radius 3 is 1.74 bits per heavy atom. The zero-order chi connectivity index (χ0) is 35.6. The fraction of sp³-hybridized carbons (Fsp3) is 0. The predicted octanol–water partition coefficient (Wildman–Crippen LogP) is 15.0. The molecule has 11 aromatic rings. The lowest BCUT2D eigenvalue weighted by Crippen LogP contribution is -2.11. The van der Waals surface area contributed by atoms with E-state index in [-0.39, 0.29) is 0 Å². The van der Waals surface area contributed by atoms with E-state index in [1.165, 1.54) is 54.2 Å². The van der Waals surface area contributed by atoms with Crippen LogP contribution in [0.25, 0.3) is 87.3 Å². The Hall–Kier alpha value is -7.16. The van der Waals surface area contributed by atoms with Crippen LogP contribution < -0.4 is 4.90 Å². The van der Waals surface area contributed by atoms with Crippen LogP contribution >= 0.6 is 0 Å². The van der Waals surface area contributed by atoms with Crippen molar-refractivity contribution >= 4 is 82.1 Å². The van der Waals surface area contributed by atoms with E-state index in [0.717, 1.165) is 50.1 Å². The number of furan rings is 1. The van der Waals surface area contributed by atoms with E-state index in [4.69, 9.17) is 4.42 Å². The van der Waals surface area contributed by atoms with E-state index >= 15 is 0 Å². The number of rotatable bonds is 5. The summed E-state index contributed by atoms with van der Waals surface area (Å²) in [7, 11) is 0. The van der Waals surface area contributed by atoms with Crippen LogP contribution in [-0.4, -0.2) is 0 Å². The number of fused-ring (bicyclic) bond motifs is 8. The minimum absolute atomic E-state index is 0.885. The highest BCUT2D eigenvalue weighted by molar-refractivity contribution is 6.17. The molecule has 10 aromatic carbocycles. The van der Waals surface area contributed by atoms with Crippen LogP contribution in [-0.2, 0) is 0 Å². The molecule has 0 unspecified atom stereocenters. The molecular formula is C52H33NO. The van der Waals surface area contributed by atoms with Crippen molar-refractivity contribution in [3.8, 4) is 22.3 Å². The second-order valence-electron chi connectivity index (χ2n) is 14.1. The Labute approximate surface area is 312 Å². The molecule has 0 N–H and O–H groups in total. The van der Waals surface area contributed by atoms with Gasteiger partial charge in [0.2, 0.25) is 0 Å². The molecule has 252 valence electrons. The van der Waals surface area contributed by atoms with E-state index in [2.05, 4.69) is 205 Å². The molecule has 0 atom stereocenters. The van der Waals surface area contributed by atoms with Crippen LogP contribution in [0.15, 0.2) is 205 Å². The lowest BCUT2D eigenvalue weighted by atomic mass is 9.93. The molecule has 0 saturated carbocycles.